The highest BCUT2D eigenvalue weighted by atomic mass is 35.5. The number of nitriles is 1. The van der Waals surface area contributed by atoms with E-state index >= 15 is 0 Å². The first-order chi connectivity index (χ1) is 8.63. The molecule has 0 saturated heterocycles. The molecule has 0 amide bonds. The molecule has 5 heteroatoms. The predicted molar refractivity (Wildman–Crippen MR) is 78.6 cm³/mol. The van der Waals surface area contributed by atoms with Crippen LogP contribution in [0.4, 0.5) is 0 Å². The summed E-state index contributed by atoms with van der Waals surface area (Å²) < 4.78 is 0. The van der Waals surface area contributed by atoms with Crippen LogP contribution in [-0.4, -0.2) is 30.1 Å². The van der Waals surface area contributed by atoms with Crippen molar-refractivity contribution < 1.29 is 0 Å². The van der Waals surface area contributed by atoms with Gasteiger partial charge in [0.2, 0.25) is 0 Å². The molecular formula is C13H16ClN3S. The Balaban J connectivity index is 2.27. The lowest BCUT2D eigenvalue weighted by Gasteiger charge is -2.19. The Morgan fingerprint density at radius 2 is 2.11 bits per heavy atom. The molecule has 1 rings (SSSR count). The van der Waals surface area contributed by atoms with E-state index in [4.69, 9.17) is 29.1 Å². The second kappa shape index (κ2) is 7.91. The summed E-state index contributed by atoms with van der Waals surface area (Å²) in [5.41, 5.74) is 1.22. The molecule has 1 aromatic carbocycles. The Hall–Kier alpha value is -1.31. The average Bonchev–Trinajstić information content (AvgIpc) is 2.38. The van der Waals surface area contributed by atoms with Crippen molar-refractivity contribution in [3.8, 4) is 6.07 Å². The van der Waals surface area contributed by atoms with Crippen molar-refractivity contribution in [1.29, 1.82) is 5.26 Å². The second-order valence-electron chi connectivity index (χ2n) is 3.94. The SMILES string of the molecule is CN(CCC#N)C(=S)NCCc1ccc(Cl)cc1. The number of halogens is 1. The lowest BCUT2D eigenvalue weighted by Crippen LogP contribution is -2.38. The van der Waals surface area contributed by atoms with Crippen molar-refractivity contribution in [2.24, 2.45) is 0 Å². The first-order valence-electron chi connectivity index (χ1n) is 5.74. The minimum Gasteiger partial charge on any atom is -0.362 e. The molecule has 1 aromatic rings. The van der Waals surface area contributed by atoms with Crippen LogP contribution in [0, 0.1) is 11.3 Å². The number of nitrogens with one attached hydrogen (secondary N) is 1. The Bertz CT molecular complexity index is 425. The first-order valence-corrected chi connectivity index (χ1v) is 6.52. The van der Waals surface area contributed by atoms with Crippen molar-refractivity contribution in [3.63, 3.8) is 0 Å². The molecular weight excluding hydrogens is 266 g/mol. The molecule has 0 aliphatic carbocycles. The van der Waals surface area contributed by atoms with Gasteiger partial charge in [0.25, 0.3) is 0 Å². The molecule has 0 saturated carbocycles. The minimum absolute atomic E-state index is 0.482. The van der Waals surface area contributed by atoms with Gasteiger partial charge in [0.15, 0.2) is 5.11 Å². The lowest BCUT2D eigenvalue weighted by atomic mass is 10.1. The third-order valence-electron chi connectivity index (χ3n) is 2.51. The van der Waals surface area contributed by atoms with Crippen molar-refractivity contribution >= 4 is 28.9 Å². The number of rotatable bonds is 5. The molecule has 1 N–H and O–H groups in total. The van der Waals surface area contributed by atoms with Gasteiger partial charge in [-0.3, -0.25) is 0 Å². The van der Waals surface area contributed by atoms with E-state index in [1.807, 2.05) is 36.2 Å². The van der Waals surface area contributed by atoms with Crippen LogP contribution < -0.4 is 5.32 Å². The molecule has 0 fully saturated rings. The number of benzene rings is 1. The summed E-state index contributed by atoms with van der Waals surface area (Å²) in [6.07, 6.45) is 1.37. The molecule has 0 spiro atoms. The summed E-state index contributed by atoms with van der Waals surface area (Å²) >= 11 is 11.0. The highest BCUT2D eigenvalue weighted by molar-refractivity contribution is 7.80. The molecule has 0 radical (unpaired) electrons. The molecule has 0 aromatic heterocycles. The van der Waals surface area contributed by atoms with Crippen LogP contribution in [0.2, 0.25) is 5.02 Å². The fourth-order valence-corrected chi connectivity index (χ4v) is 1.74. The number of hydrogen-bond donors (Lipinski definition) is 1. The molecule has 3 nitrogen and oxygen atoms in total. The number of thiocarbonyl (C=S) groups is 1. The Morgan fingerprint density at radius 1 is 1.44 bits per heavy atom. The zero-order chi connectivity index (χ0) is 13.4. The highest BCUT2D eigenvalue weighted by Gasteiger charge is 2.02. The van der Waals surface area contributed by atoms with E-state index in [9.17, 15) is 0 Å². The molecule has 18 heavy (non-hydrogen) atoms. The first kappa shape index (κ1) is 14.7. The quantitative estimate of drug-likeness (QED) is 0.842. The zero-order valence-corrected chi connectivity index (χ0v) is 11.9. The van der Waals surface area contributed by atoms with Gasteiger partial charge < -0.3 is 10.2 Å². The van der Waals surface area contributed by atoms with Crippen LogP contribution >= 0.6 is 23.8 Å². The standard InChI is InChI=1S/C13H16ClN3S/c1-17(10-2-8-15)13(18)16-9-7-11-3-5-12(14)6-4-11/h3-6H,2,7,9-10H2,1H3,(H,16,18). The maximum atomic E-state index is 8.49. The van der Waals surface area contributed by atoms with Crippen molar-refractivity contribution in [2.45, 2.75) is 12.8 Å². The fraction of sp³-hybridized carbons (Fsp3) is 0.385. The topological polar surface area (TPSA) is 39.1 Å². The lowest BCUT2D eigenvalue weighted by molar-refractivity contribution is 0.504. The third kappa shape index (κ3) is 5.35. The summed E-state index contributed by atoms with van der Waals surface area (Å²) in [5, 5.41) is 13.1. The van der Waals surface area contributed by atoms with Crippen LogP contribution in [0.15, 0.2) is 24.3 Å². The Kier molecular flexibility index (Phi) is 6.48. The van der Waals surface area contributed by atoms with Crippen molar-refractivity contribution in [3.05, 3.63) is 34.9 Å². The van der Waals surface area contributed by atoms with Gasteiger partial charge in [0, 0.05) is 25.2 Å². The summed E-state index contributed by atoms with van der Waals surface area (Å²) in [6.45, 7) is 1.43. The van der Waals surface area contributed by atoms with Gasteiger partial charge >= 0.3 is 0 Å². The molecule has 0 bridgehead atoms. The Morgan fingerprint density at radius 3 is 2.72 bits per heavy atom. The summed E-state index contributed by atoms with van der Waals surface area (Å²) in [4.78, 5) is 1.88. The van der Waals surface area contributed by atoms with E-state index in [0.29, 0.717) is 18.1 Å². The average molecular weight is 282 g/mol. The number of nitrogens with zero attached hydrogens (tertiary/aromatic N) is 2. The minimum atomic E-state index is 0.482. The van der Waals surface area contributed by atoms with Gasteiger partial charge in [-0.1, -0.05) is 23.7 Å². The molecule has 96 valence electrons. The zero-order valence-electron chi connectivity index (χ0n) is 10.3. The van der Waals surface area contributed by atoms with E-state index in [2.05, 4.69) is 11.4 Å². The van der Waals surface area contributed by atoms with Crippen molar-refractivity contribution in [1.82, 2.24) is 10.2 Å². The fourth-order valence-electron chi connectivity index (χ4n) is 1.42. The van der Waals surface area contributed by atoms with Gasteiger partial charge in [0.05, 0.1) is 12.5 Å². The van der Waals surface area contributed by atoms with Gasteiger partial charge in [-0.25, -0.2) is 0 Å². The smallest absolute Gasteiger partial charge is 0.168 e. The number of hydrogen-bond acceptors (Lipinski definition) is 2. The Labute approximate surface area is 118 Å². The predicted octanol–water partition coefficient (Wildman–Crippen LogP) is 2.60. The van der Waals surface area contributed by atoms with E-state index < -0.39 is 0 Å². The summed E-state index contributed by atoms with van der Waals surface area (Å²) in [5.74, 6) is 0. The normalized spacial score (nSPS) is 9.61. The largest absolute Gasteiger partial charge is 0.362 e. The van der Waals surface area contributed by atoms with Crippen LogP contribution in [0.3, 0.4) is 0 Å². The van der Waals surface area contributed by atoms with Gasteiger partial charge in [-0.15, -0.1) is 0 Å². The maximum Gasteiger partial charge on any atom is 0.168 e. The molecule has 0 aliphatic heterocycles. The molecule has 0 unspecified atom stereocenters. The van der Waals surface area contributed by atoms with Gasteiger partial charge in [-0.05, 0) is 36.3 Å². The van der Waals surface area contributed by atoms with Crippen LogP contribution in [0.1, 0.15) is 12.0 Å². The highest BCUT2D eigenvalue weighted by Crippen LogP contribution is 2.09. The third-order valence-corrected chi connectivity index (χ3v) is 3.22. The van der Waals surface area contributed by atoms with Crippen LogP contribution in [0.5, 0.6) is 0 Å². The maximum absolute atomic E-state index is 8.49. The van der Waals surface area contributed by atoms with E-state index in [0.717, 1.165) is 18.0 Å². The van der Waals surface area contributed by atoms with Crippen LogP contribution in [0.25, 0.3) is 0 Å². The summed E-state index contributed by atoms with van der Waals surface area (Å²) in [6, 6.07) is 9.88. The molecule has 0 aliphatic rings. The molecule has 0 heterocycles. The van der Waals surface area contributed by atoms with E-state index in [1.165, 1.54) is 5.56 Å². The van der Waals surface area contributed by atoms with Crippen LogP contribution in [-0.2, 0) is 6.42 Å². The van der Waals surface area contributed by atoms with E-state index in [-0.39, 0.29) is 0 Å². The second-order valence-corrected chi connectivity index (χ2v) is 4.76. The summed E-state index contributed by atoms with van der Waals surface area (Å²) in [7, 11) is 1.88. The van der Waals surface area contributed by atoms with Gasteiger partial charge in [0.1, 0.15) is 0 Å². The van der Waals surface area contributed by atoms with E-state index in [1.54, 1.807) is 0 Å². The monoisotopic (exact) mass is 281 g/mol. The van der Waals surface area contributed by atoms with Gasteiger partial charge in [-0.2, -0.15) is 5.26 Å². The van der Waals surface area contributed by atoms with Crippen molar-refractivity contribution in [2.75, 3.05) is 20.1 Å². The molecule has 0 atom stereocenters.